The highest BCUT2D eigenvalue weighted by Gasteiger charge is 2.28. The quantitative estimate of drug-likeness (QED) is 0.797. The van der Waals surface area contributed by atoms with E-state index >= 15 is 0 Å². The highest BCUT2D eigenvalue weighted by molar-refractivity contribution is 5.64. The van der Waals surface area contributed by atoms with Gasteiger partial charge < -0.3 is 11.1 Å². The standard InChI is InChI=1S/C12H19N3/c1-12(5-2-3-6-12)9-15-11-4-7-14-8-10(11)13/h4,7-8H,2-3,5-6,9,13H2,1H3,(H,14,15). The highest BCUT2D eigenvalue weighted by atomic mass is 14.9. The molecule has 0 aromatic carbocycles. The lowest BCUT2D eigenvalue weighted by Gasteiger charge is -2.24. The monoisotopic (exact) mass is 205 g/mol. The Morgan fingerprint density at radius 1 is 1.47 bits per heavy atom. The first kappa shape index (κ1) is 10.3. The van der Waals surface area contributed by atoms with Gasteiger partial charge in [0.05, 0.1) is 17.6 Å². The Morgan fingerprint density at radius 2 is 2.20 bits per heavy atom. The molecule has 1 fully saturated rings. The van der Waals surface area contributed by atoms with Gasteiger partial charge in [0.15, 0.2) is 0 Å². The number of nitrogens with one attached hydrogen (secondary N) is 1. The molecular formula is C12H19N3. The van der Waals surface area contributed by atoms with Crippen molar-refractivity contribution in [2.75, 3.05) is 17.6 Å². The first-order valence-electron chi connectivity index (χ1n) is 5.63. The maximum Gasteiger partial charge on any atom is 0.0736 e. The number of nitrogens with two attached hydrogens (primary N) is 1. The molecule has 2 rings (SSSR count). The molecule has 3 nitrogen and oxygen atoms in total. The van der Waals surface area contributed by atoms with Crippen LogP contribution in [0.3, 0.4) is 0 Å². The van der Waals surface area contributed by atoms with Crippen molar-refractivity contribution in [3.05, 3.63) is 18.5 Å². The van der Waals surface area contributed by atoms with Gasteiger partial charge in [-0.05, 0) is 24.3 Å². The van der Waals surface area contributed by atoms with Gasteiger partial charge in [-0.3, -0.25) is 4.98 Å². The van der Waals surface area contributed by atoms with E-state index in [0.29, 0.717) is 5.41 Å². The molecule has 3 N–H and O–H groups in total. The summed E-state index contributed by atoms with van der Waals surface area (Å²) in [5.74, 6) is 0. The van der Waals surface area contributed by atoms with Gasteiger partial charge in [0, 0.05) is 12.7 Å². The van der Waals surface area contributed by atoms with Gasteiger partial charge in [-0.2, -0.15) is 0 Å². The van der Waals surface area contributed by atoms with Gasteiger partial charge in [0.1, 0.15) is 0 Å². The van der Waals surface area contributed by atoms with Crippen molar-refractivity contribution < 1.29 is 0 Å². The van der Waals surface area contributed by atoms with Crippen molar-refractivity contribution in [3.63, 3.8) is 0 Å². The Balaban J connectivity index is 1.95. The molecule has 1 aliphatic carbocycles. The maximum absolute atomic E-state index is 5.82. The molecule has 0 aliphatic heterocycles. The van der Waals surface area contributed by atoms with Gasteiger partial charge >= 0.3 is 0 Å². The molecule has 0 saturated heterocycles. The smallest absolute Gasteiger partial charge is 0.0736 e. The highest BCUT2D eigenvalue weighted by Crippen LogP contribution is 2.37. The second-order valence-corrected chi connectivity index (χ2v) is 4.83. The van der Waals surface area contributed by atoms with Crippen molar-refractivity contribution in [1.29, 1.82) is 0 Å². The molecule has 82 valence electrons. The Morgan fingerprint density at radius 3 is 2.87 bits per heavy atom. The number of anilines is 2. The summed E-state index contributed by atoms with van der Waals surface area (Å²) in [5, 5.41) is 3.43. The first-order valence-corrected chi connectivity index (χ1v) is 5.63. The second-order valence-electron chi connectivity index (χ2n) is 4.83. The van der Waals surface area contributed by atoms with Crippen LogP contribution in [0.1, 0.15) is 32.6 Å². The van der Waals surface area contributed by atoms with Gasteiger partial charge in [0.2, 0.25) is 0 Å². The van der Waals surface area contributed by atoms with Crippen LogP contribution in [0.2, 0.25) is 0 Å². The predicted octanol–water partition coefficient (Wildman–Crippen LogP) is 2.66. The van der Waals surface area contributed by atoms with E-state index in [9.17, 15) is 0 Å². The topological polar surface area (TPSA) is 50.9 Å². The van der Waals surface area contributed by atoms with Crippen LogP contribution in [0, 0.1) is 5.41 Å². The van der Waals surface area contributed by atoms with Crippen molar-refractivity contribution in [3.8, 4) is 0 Å². The molecule has 0 atom stereocenters. The molecule has 3 heteroatoms. The van der Waals surface area contributed by atoms with Crippen LogP contribution in [0.5, 0.6) is 0 Å². The molecule has 1 aromatic rings. The zero-order chi connectivity index (χ0) is 10.7. The Bertz CT molecular complexity index is 329. The second kappa shape index (κ2) is 4.09. The van der Waals surface area contributed by atoms with Crippen molar-refractivity contribution >= 4 is 11.4 Å². The van der Waals surface area contributed by atoms with Gasteiger partial charge in [-0.15, -0.1) is 0 Å². The fourth-order valence-electron chi connectivity index (χ4n) is 2.28. The Hall–Kier alpha value is -1.25. The number of rotatable bonds is 3. The zero-order valence-corrected chi connectivity index (χ0v) is 9.29. The SMILES string of the molecule is CC1(CNc2ccncc2N)CCCC1. The minimum atomic E-state index is 0.454. The summed E-state index contributed by atoms with van der Waals surface area (Å²) in [7, 11) is 0. The molecule has 1 aromatic heterocycles. The summed E-state index contributed by atoms with van der Waals surface area (Å²) < 4.78 is 0. The van der Waals surface area contributed by atoms with E-state index < -0.39 is 0 Å². The van der Waals surface area contributed by atoms with Crippen LogP contribution < -0.4 is 11.1 Å². The van der Waals surface area contributed by atoms with Crippen molar-refractivity contribution in [1.82, 2.24) is 4.98 Å². The predicted molar refractivity (Wildman–Crippen MR) is 63.7 cm³/mol. The first-order chi connectivity index (χ1) is 7.20. The lowest BCUT2D eigenvalue weighted by atomic mass is 9.89. The van der Waals surface area contributed by atoms with E-state index in [1.165, 1.54) is 25.7 Å². The minimum absolute atomic E-state index is 0.454. The van der Waals surface area contributed by atoms with E-state index in [1.807, 2.05) is 6.07 Å². The zero-order valence-electron chi connectivity index (χ0n) is 9.29. The van der Waals surface area contributed by atoms with E-state index in [-0.39, 0.29) is 0 Å². The molecule has 0 amide bonds. The van der Waals surface area contributed by atoms with Gasteiger partial charge in [0.25, 0.3) is 0 Å². The Kier molecular flexibility index (Phi) is 2.80. The number of aromatic nitrogens is 1. The average Bonchev–Trinajstić information content (AvgIpc) is 2.65. The minimum Gasteiger partial charge on any atom is -0.396 e. The third kappa shape index (κ3) is 2.41. The van der Waals surface area contributed by atoms with Gasteiger partial charge in [-0.1, -0.05) is 19.8 Å². The molecule has 0 radical (unpaired) electrons. The summed E-state index contributed by atoms with van der Waals surface area (Å²) in [5.41, 5.74) is 8.02. The molecule has 0 bridgehead atoms. The molecule has 15 heavy (non-hydrogen) atoms. The van der Waals surface area contributed by atoms with Crippen LogP contribution in [-0.4, -0.2) is 11.5 Å². The van der Waals surface area contributed by atoms with Crippen LogP contribution in [0.4, 0.5) is 11.4 Å². The van der Waals surface area contributed by atoms with Crippen molar-refractivity contribution in [2.24, 2.45) is 5.41 Å². The summed E-state index contributed by atoms with van der Waals surface area (Å²) >= 11 is 0. The number of nitrogen functional groups attached to an aromatic ring is 1. The molecule has 1 heterocycles. The number of hydrogen-bond acceptors (Lipinski definition) is 3. The summed E-state index contributed by atoms with van der Waals surface area (Å²) in [6.07, 6.45) is 8.85. The van der Waals surface area contributed by atoms with E-state index in [4.69, 9.17) is 5.73 Å². The molecule has 1 aliphatic rings. The largest absolute Gasteiger partial charge is 0.396 e. The van der Waals surface area contributed by atoms with Crippen LogP contribution in [-0.2, 0) is 0 Å². The van der Waals surface area contributed by atoms with Gasteiger partial charge in [-0.25, -0.2) is 0 Å². The summed E-state index contributed by atoms with van der Waals surface area (Å²) in [6.45, 7) is 3.37. The van der Waals surface area contributed by atoms with Crippen LogP contribution >= 0.6 is 0 Å². The van der Waals surface area contributed by atoms with E-state index in [2.05, 4.69) is 17.2 Å². The van der Waals surface area contributed by atoms with E-state index in [1.54, 1.807) is 12.4 Å². The fourth-order valence-corrected chi connectivity index (χ4v) is 2.28. The normalized spacial score (nSPS) is 19.0. The van der Waals surface area contributed by atoms with E-state index in [0.717, 1.165) is 17.9 Å². The molecule has 1 saturated carbocycles. The maximum atomic E-state index is 5.82. The van der Waals surface area contributed by atoms with Crippen molar-refractivity contribution in [2.45, 2.75) is 32.6 Å². The number of pyridine rings is 1. The molecule has 0 spiro atoms. The number of hydrogen-bond donors (Lipinski definition) is 2. The average molecular weight is 205 g/mol. The van der Waals surface area contributed by atoms with Crippen LogP contribution in [0.15, 0.2) is 18.5 Å². The Labute approximate surface area is 91.1 Å². The van der Waals surface area contributed by atoms with Crippen LogP contribution in [0.25, 0.3) is 0 Å². The lowest BCUT2D eigenvalue weighted by Crippen LogP contribution is -2.23. The number of nitrogens with zero attached hydrogens (tertiary/aromatic N) is 1. The third-order valence-corrected chi connectivity index (χ3v) is 3.37. The lowest BCUT2D eigenvalue weighted by molar-refractivity contribution is 0.362. The third-order valence-electron chi connectivity index (χ3n) is 3.37. The summed E-state index contributed by atoms with van der Waals surface area (Å²) in [4.78, 5) is 3.98. The molecule has 0 unspecified atom stereocenters. The molecular weight excluding hydrogens is 186 g/mol. The summed E-state index contributed by atoms with van der Waals surface area (Å²) in [6, 6.07) is 1.94. The fraction of sp³-hybridized carbons (Fsp3) is 0.583.